The van der Waals surface area contributed by atoms with Gasteiger partial charge in [0.05, 0.1) is 25.0 Å². The van der Waals surface area contributed by atoms with Crippen LogP contribution in [0, 0.1) is 0 Å². The number of halogens is 1. The topological polar surface area (TPSA) is 96.5 Å². The molecule has 0 radical (unpaired) electrons. The number of carbonyl (C=O) groups is 1. The van der Waals surface area contributed by atoms with E-state index in [-0.39, 0.29) is 43.3 Å². The van der Waals surface area contributed by atoms with Gasteiger partial charge in [0.2, 0.25) is 15.9 Å². The van der Waals surface area contributed by atoms with Crippen LogP contribution in [0.1, 0.15) is 20.3 Å². The van der Waals surface area contributed by atoms with Crippen molar-refractivity contribution in [2.24, 2.45) is 0 Å². The summed E-state index contributed by atoms with van der Waals surface area (Å²) < 4.78 is 30.4. The molecule has 0 aliphatic rings. The summed E-state index contributed by atoms with van der Waals surface area (Å²) in [5.74, 6) is -0.470. The van der Waals surface area contributed by atoms with E-state index in [1.165, 1.54) is 0 Å². The molecule has 0 heterocycles. The summed E-state index contributed by atoms with van der Waals surface area (Å²) in [6, 6.07) is 0. The van der Waals surface area contributed by atoms with Gasteiger partial charge in [0, 0.05) is 6.54 Å². The summed E-state index contributed by atoms with van der Waals surface area (Å²) in [6.07, 6.45) is 0.794. The fourth-order valence-electron chi connectivity index (χ4n) is 1.20. The maximum absolute atomic E-state index is 11.5. The Balaban J connectivity index is 0. The van der Waals surface area contributed by atoms with Crippen molar-refractivity contribution in [1.29, 1.82) is 0 Å². The highest BCUT2D eigenvalue weighted by molar-refractivity contribution is 7.89. The lowest BCUT2D eigenvalue weighted by molar-refractivity contribution is -0.119. The quantitative estimate of drug-likeness (QED) is 0.443. The van der Waals surface area contributed by atoms with E-state index in [4.69, 9.17) is 4.74 Å². The predicted molar refractivity (Wildman–Crippen MR) is 81.7 cm³/mol. The third-order valence-electron chi connectivity index (χ3n) is 2.18. The van der Waals surface area contributed by atoms with Gasteiger partial charge in [-0.3, -0.25) is 4.79 Å². The minimum absolute atomic E-state index is 0. The van der Waals surface area contributed by atoms with Crippen LogP contribution in [0.5, 0.6) is 0 Å². The second-order valence-corrected chi connectivity index (χ2v) is 6.29. The highest BCUT2D eigenvalue weighted by Gasteiger charge is 2.12. The first kappa shape index (κ1) is 21.9. The van der Waals surface area contributed by atoms with Crippen LogP contribution < -0.4 is 15.4 Å². The average molecular weight is 332 g/mol. The summed E-state index contributed by atoms with van der Waals surface area (Å²) in [6.45, 7) is 4.88. The van der Waals surface area contributed by atoms with Crippen molar-refractivity contribution in [3.63, 3.8) is 0 Å². The summed E-state index contributed by atoms with van der Waals surface area (Å²) in [7, 11) is -1.63. The molecule has 0 unspecified atom stereocenters. The Labute approximate surface area is 127 Å². The highest BCUT2D eigenvalue weighted by atomic mass is 35.5. The molecule has 3 N–H and O–H groups in total. The SMILES string of the molecule is CNCCCNC(=O)CNS(=O)(=O)CCOC(C)C.Cl. The molecular weight excluding hydrogens is 306 g/mol. The molecule has 0 spiro atoms. The zero-order valence-corrected chi connectivity index (χ0v) is 13.9. The number of nitrogens with one attached hydrogen (secondary N) is 3. The number of hydrogen-bond acceptors (Lipinski definition) is 5. The molecule has 122 valence electrons. The maximum atomic E-state index is 11.5. The Kier molecular flexibility index (Phi) is 13.5. The molecule has 0 fully saturated rings. The summed E-state index contributed by atoms with van der Waals surface area (Å²) >= 11 is 0. The lowest BCUT2D eigenvalue weighted by atomic mass is 10.4. The fourth-order valence-corrected chi connectivity index (χ4v) is 2.01. The molecule has 0 aliphatic heterocycles. The lowest BCUT2D eigenvalue weighted by Crippen LogP contribution is -2.39. The second kappa shape index (κ2) is 12.3. The number of hydrogen-bond donors (Lipinski definition) is 3. The van der Waals surface area contributed by atoms with Gasteiger partial charge in [0.1, 0.15) is 0 Å². The van der Waals surface area contributed by atoms with Gasteiger partial charge in [0.25, 0.3) is 0 Å². The molecule has 1 amide bonds. The minimum Gasteiger partial charge on any atom is -0.378 e. The van der Waals surface area contributed by atoms with Crippen LogP contribution in [0.3, 0.4) is 0 Å². The van der Waals surface area contributed by atoms with Crippen LogP contribution in [0.15, 0.2) is 0 Å². The molecule has 9 heteroatoms. The monoisotopic (exact) mass is 331 g/mol. The van der Waals surface area contributed by atoms with E-state index in [1.54, 1.807) is 0 Å². The Bertz CT molecular complexity index is 350. The molecule has 0 saturated heterocycles. The molecule has 0 aromatic rings. The summed E-state index contributed by atoms with van der Waals surface area (Å²) in [4.78, 5) is 11.3. The highest BCUT2D eigenvalue weighted by Crippen LogP contribution is 1.90. The van der Waals surface area contributed by atoms with Crippen molar-refractivity contribution in [3.05, 3.63) is 0 Å². The predicted octanol–water partition coefficient (Wildman–Crippen LogP) is -0.522. The van der Waals surface area contributed by atoms with Crippen LogP contribution in [0.2, 0.25) is 0 Å². The van der Waals surface area contributed by atoms with E-state index in [0.29, 0.717) is 6.54 Å². The number of sulfonamides is 1. The summed E-state index contributed by atoms with van der Waals surface area (Å²) in [5.41, 5.74) is 0. The average Bonchev–Trinajstić information content (AvgIpc) is 2.31. The Morgan fingerprint density at radius 1 is 1.25 bits per heavy atom. The van der Waals surface area contributed by atoms with Crippen LogP contribution >= 0.6 is 12.4 Å². The molecule has 0 aliphatic carbocycles. The second-order valence-electron chi connectivity index (χ2n) is 4.37. The van der Waals surface area contributed by atoms with Crippen LogP contribution in [-0.2, 0) is 19.6 Å². The Morgan fingerprint density at radius 3 is 2.45 bits per heavy atom. The smallest absolute Gasteiger partial charge is 0.235 e. The minimum atomic E-state index is -3.46. The van der Waals surface area contributed by atoms with Gasteiger partial charge in [-0.25, -0.2) is 13.1 Å². The van der Waals surface area contributed by atoms with Gasteiger partial charge in [0.15, 0.2) is 0 Å². The molecule has 0 bridgehead atoms. The molecule has 0 atom stereocenters. The molecule has 20 heavy (non-hydrogen) atoms. The van der Waals surface area contributed by atoms with Crippen molar-refractivity contribution in [3.8, 4) is 0 Å². The molecule has 0 aromatic heterocycles. The van der Waals surface area contributed by atoms with Crippen LogP contribution in [0.25, 0.3) is 0 Å². The van der Waals surface area contributed by atoms with Crippen molar-refractivity contribution in [2.45, 2.75) is 26.4 Å². The van der Waals surface area contributed by atoms with Crippen LogP contribution in [0.4, 0.5) is 0 Å². The fraction of sp³-hybridized carbons (Fsp3) is 0.909. The van der Waals surface area contributed by atoms with Gasteiger partial charge < -0.3 is 15.4 Å². The van der Waals surface area contributed by atoms with E-state index in [2.05, 4.69) is 15.4 Å². The van der Waals surface area contributed by atoms with Crippen molar-refractivity contribution >= 4 is 28.3 Å². The van der Waals surface area contributed by atoms with Gasteiger partial charge in [-0.1, -0.05) is 0 Å². The van der Waals surface area contributed by atoms with E-state index < -0.39 is 10.0 Å². The zero-order valence-electron chi connectivity index (χ0n) is 12.3. The molecule has 0 saturated carbocycles. The van der Waals surface area contributed by atoms with Gasteiger partial charge in [-0.15, -0.1) is 12.4 Å². The van der Waals surface area contributed by atoms with Crippen molar-refractivity contribution in [2.75, 3.05) is 39.0 Å². The third-order valence-corrected chi connectivity index (χ3v) is 3.47. The standard InChI is InChI=1S/C11H25N3O4S.ClH/c1-10(2)18-7-8-19(16,17)14-9-11(15)13-6-4-5-12-3;/h10,12,14H,4-9H2,1-3H3,(H,13,15);1H. The van der Waals surface area contributed by atoms with Crippen LogP contribution in [-0.4, -0.2) is 59.5 Å². The third kappa shape index (κ3) is 14.0. The molecular formula is C11H26ClN3O4S. The zero-order chi connectivity index (χ0) is 14.7. The molecule has 0 aromatic carbocycles. The first-order valence-electron chi connectivity index (χ1n) is 6.37. The first-order valence-corrected chi connectivity index (χ1v) is 8.03. The van der Waals surface area contributed by atoms with E-state index >= 15 is 0 Å². The van der Waals surface area contributed by atoms with Crippen molar-refractivity contribution < 1.29 is 17.9 Å². The van der Waals surface area contributed by atoms with Gasteiger partial charge >= 0.3 is 0 Å². The van der Waals surface area contributed by atoms with Gasteiger partial charge in [-0.2, -0.15) is 0 Å². The van der Waals surface area contributed by atoms with E-state index in [0.717, 1.165) is 13.0 Å². The molecule has 0 rings (SSSR count). The Morgan fingerprint density at radius 2 is 1.90 bits per heavy atom. The van der Waals surface area contributed by atoms with E-state index in [9.17, 15) is 13.2 Å². The van der Waals surface area contributed by atoms with Gasteiger partial charge in [-0.05, 0) is 33.9 Å². The normalized spacial score (nSPS) is 11.2. The largest absolute Gasteiger partial charge is 0.378 e. The number of amides is 1. The molecule has 7 nitrogen and oxygen atoms in total. The number of ether oxygens (including phenoxy) is 1. The summed E-state index contributed by atoms with van der Waals surface area (Å²) in [5, 5.41) is 5.58. The number of rotatable bonds is 11. The first-order chi connectivity index (χ1) is 8.87. The van der Waals surface area contributed by atoms with E-state index in [1.807, 2.05) is 20.9 Å². The Hall–Kier alpha value is -0.410. The maximum Gasteiger partial charge on any atom is 0.235 e. The van der Waals surface area contributed by atoms with Crippen molar-refractivity contribution in [1.82, 2.24) is 15.4 Å². The lowest BCUT2D eigenvalue weighted by Gasteiger charge is -2.09. The number of carbonyl (C=O) groups excluding carboxylic acids is 1.